The third-order valence-corrected chi connectivity index (χ3v) is 3.90. The first-order valence-electron chi connectivity index (χ1n) is 6.79. The van der Waals surface area contributed by atoms with Gasteiger partial charge in [-0.05, 0) is 13.0 Å². The first kappa shape index (κ1) is 12.1. The fourth-order valence-corrected chi connectivity index (χ4v) is 2.87. The van der Waals surface area contributed by atoms with Crippen molar-refractivity contribution in [2.24, 2.45) is 0 Å². The number of aryl methyl sites for hydroxylation is 1. The minimum absolute atomic E-state index is 0.0777. The number of hydrogen-bond acceptors (Lipinski definition) is 5. The van der Waals surface area contributed by atoms with Crippen LogP contribution in [0, 0.1) is 6.92 Å². The number of rotatable bonds is 2. The molecule has 2 saturated heterocycles. The average Bonchev–Trinajstić information content (AvgIpc) is 2.93. The Morgan fingerprint density at radius 1 is 1.33 bits per heavy atom. The molecule has 0 aliphatic carbocycles. The van der Waals surface area contributed by atoms with E-state index in [-0.39, 0.29) is 24.5 Å². The third kappa shape index (κ3) is 1.75. The maximum atomic E-state index is 11.7. The number of hydrogen-bond donors (Lipinski definition) is 1. The first-order valence-corrected chi connectivity index (χ1v) is 6.79. The number of aromatic nitrogens is 3. The van der Waals surface area contributed by atoms with E-state index in [0.29, 0.717) is 13.1 Å². The molecule has 1 N–H and O–H groups in total. The van der Waals surface area contributed by atoms with E-state index in [2.05, 4.69) is 20.3 Å². The Balaban J connectivity index is 1.57. The van der Waals surface area contributed by atoms with Gasteiger partial charge in [0.1, 0.15) is 5.52 Å². The Bertz CT molecular complexity index is 732. The molecule has 0 spiro atoms. The van der Waals surface area contributed by atoms with Crippen LogP contribution in [-0.4, -0.2) is 57.1 Å². The second kappa shape index (κ2) is 4.18. The van der Waals surface area contributed by atoms with Crippen LogP contribution in [0.3, 0.4) is 0 Å². The van der Waals surface area contributed by atoms with Crippen LogP contribution >= 0.6 is 0 Å². The van der Waals surface area contributed by atoms with Gasteiger partial charge in [-0.25, -0.2) is 14.3 Å². The molecule has 3 amide bonds. The molecule has 2 aliphatic heterocycles. The lowest BCUT2D eigenvalue weighted by atomic mass is 10.1. The Morgan fingerprint density at radius 2 is 2.14 bits per heavy atom. The van der Waals surface area contributed by atoms with Crippen LogP contribution in [-0.2, 0) is 4.79 Å². The standard InChI is InChI=1S/C13H14N6O2/c1-8-4-10-12(14-2-3-18(10)16-8)17-6-9(7-17)19-11(20)5-15-13(19)21/h2-4,9H,5-7H2,1H3,(H,15,21). The van der Waals surface area contributed by atoms with Crippen LogP contribution in [0.1, 0.15) is 5.69 Å². The molecule has 8 nitrogen and oxygen atoms in total. The highest BCUT2D eigenvalue weighted by molar-refractivity contribution is 6.02. The second-order valence-corrected chi connectivity index (χ2v) is 5.35. The van der Waals surface area contributed by atoms with E-state index in [9.17, 15) is 9.59 Å². The van der Waals surface area contributed by atoms with Gasteiger partial charge in [-0.1, -0.05) is 0 Å². The van der Waals surface area contributed by atoms with Crippen molar-refractivity contribution in [3.63, 3.8) is 0 Å². The molecule has 0 radical (unpaired) electrons. The predicted octanol–water partition coefficient (Wildman–Crippen LogP) is -0.222. The summed E-state index contributed by atoms with van der Waals surface area (Å²) in [5.41, 5.74) is 1.86. The van der Waals surface area contributed by atoms with Gasteiger partial charge in [0.05, 0.1) is 18.3 Å². The number of urea groups is 1. The number of fused-ring (bicyclic) bond motifs is 1. The fraction of sp³-hybridized carbons (Fsp3) is 0.385. The van der Waals surface area contributed by atoms with E-state index < -0.39 is 0 Å². The van der Waals surface area contributed by atoms with Gasteiger partial charge in [-0.2, -0.15) is 5.10 Å². The maximum absolute atomic E-state index is 11.7. The zero-order valence-electron chi connectivity index (χ0n) is 11.5. The Hall–Kier alpha value is -2.64. The molecule has 8 heteroatoms. The highest BCUT2D eigenvalue weighted by Crippen LogP contribution is 2.27. The van der Waals surface area contributed by atoms with Gasteiger partial charge in [0.15, 0.2) is 5.82 Å². The molecule has 2 aromatic rings. The molecule has 2 fully saturated rings. The van der Waals surface area contributed by atoms with E-state index in [0.717, 1.165) is 17.0 Å². The summed E-state index contributed by atoms with van der Waals surface area (Å²) in [7, 11) is 0. The molecule has 0 saturated carbocycles. The van der Waals surface area contributed by atoms with Crippen molar-refractivity contribution >= 4 is 23.3 Å². The summed E-state index contributed by atoms with van der Waals surface area (Å²) >= 11 is 0. The third-order valence-electron chi connectivity index (χ3n) is 3.90. The van der Waals surface area contributed by atoms with E-state index >= 15 is 0 Å². The summed E-state index contributed by atoms with van der Waals surface area (Å²) in [5.74, 6) is 0.678. The molecule has 0 atom stereocenters. The predicted molar refractivity (Wildman–Crippen MR) is 74.0 cm³/mol. The van der Waals surface area contributed by atoms with Gasteiger partial charge in [0.2, 0.25) is 5.91 Å². The molecular weight excluding hydrogens is 272 g/mol. The van der Waals surface area contributed by atoms with Crippen LogP contribution in [0.5, 0.6) is 0 Å². The number of carbonyl (C=O) groups excluding carboxylic acids is 2. The van der Waals surface area contributed by atoms with Crippen molar-refractivity contribution < 1.29 is 9.59 Å². The van der Waals surface area contributed by atoms with Crippen molar-refractivity contribution in [1.29, 1.82) is 0 Å². The minimum atomic E-state index is -0.295. The molecule has 108 valence electrons. The first-order chi connectivity index (χ1) is 10.1. The van der Waals surface area contributed by atoms with Gasteiger partial charge < -0.3 is 10.2 Å². The molecule has 21 heavy (non-hydrogen) atoms. The number of nitrogens with one attached hydrogen (secondary N) is 1. The van der Waals surface area contributed by atoms with Gasteiger partial charge in [-0.15, -0.1) is 0 Å². The van der Waals surface area contributed by atoms with E-state index in [1.54, 1.807) is 16.9 Å². The van der Waals surface area contributed by atoms with Gasteiger partial charge in [0.25, 0.3) is 0 Å². The Labute approximate surface area is 120 Å². The monoisotopic (exact) mass is 286 g/mol. The maximum Gasteiger partial charge on any atom is 0.324 e. The van der Waals surface area contributed by atoms with Crippen molar-refractivity contribution in [2.75, 3.05) is 24.5 Å². The number of amides is 3. The van der Waals surface area contributed by atoms with Gasteiger partial charge in [-0.3, -0.25) is 9.69 Å². The Morgan fingerprint density at radius 3 is 2.86 bits per heavy atom. The van der Waals surface area contributed by atoms with Crippen LogP contribution < -0.4 is 10.2 Å². The summed E-state index contributed by atoms with van der Waals surface area (Å²) in [6.45, 7) is 3.25. The molecule has 4 rings (SSSR count). The van der Waals surface area contributed by atoms with Crippen LogP contribution in [0.4, 0.5) is 10.6 Å². The van der Waals surface area contributed by atoms with Crippen LogP contribution in [0.25, 0.3) is 5.52 Å². The largest absolute Gasteiger partial charge is 0.351 e. The summed E-state index contributed by atoms with van der Waals surface area (Å²) in [4.78, 5) is 31.1. The number of imide groups is 1. The topological polar surface area (TPSA) is 82.8 Å². The zero-order chi connectivity index (χ0) is 14.6. The minimum Gasteiger partial charge on any atom is -0.351 e. The molecule has 0 bridgehead atoms. The molecule has 2 aromatic heterocycles. The number of carbonyl (C=O) groups is 2. The van der Waals surface area contributed by atoms with Crippen molar-refractivity contribution in [3.8, 4) is 0 Å². The van der Waals surface area contributed by atoms with E-state index in [4.69, 9.17) is 0 Å². The normalized spacial score (nSPS) is 19.3. The van der Waals surface area contributed by atoms with Crippen molar-refractivity contribution in [3.05, 3.63) is 24.2 Å². The average molecular weight is 286 g/mol. The summed E-state index contributed by atoms with van der Waals surface area (Å²) in [6.07, 6.45) is 3.51. The molecule has 2 aliphatic rings. The van der Waals surface area contributed by atoms with E-state index in [1.807, 2.05) is 13.0 Å². The fourth-order valence-electron chi connectivity index (χ4n) is 2.87. The quantitative estimate of drug-likeness (QED) is 0.772. The van der Waals surface area contributed by atoms with E-state index in [1.165, 1.54) is 4.90 Å². The zero-order valence-corrected chi connectivity index (χ0v) is 11.5. The smallest absolute Gasteiger partial charge is 0.324 e. The highest BCUT2D eigenvalue weighted by atomic mass is 16.2. The number of anilines is 1. The number of nitrogens with zero attached hydrogens (tertiary/aromatic N) is 5. The highest BCUT2D eigenvalue weighted by Gasteiger charge is 2.42. The summed E-state index contributed by atoms with van der Waals surface area (Å²) in [5, 5.41) is 6.90. The van der Waals surface area contributed by atoms with Crippen molar-refractivity contribution in [2.45, 2.75) is 13.0 Å². The van der Waals surface area contributed by atoms with Crippen molar-refractivity contribution in [1.82, 2.24) is 24.8 Å². The SMILES string of the molecule is Cc1cc2c(N3CC(N4C(=O)CNC4=O)C3)nccn2n1. The Kier molecular flexibility index (Phi) is 2.41. The van der Waals surface area contributed by atoms with Crippen LogP contribution in [0.15, 0.2) is 18.5 Å². The lowest BCUT2D eigenvalue weighted by Gasteiger charge is -2.43. The molecular formula is C13H14N6O2. The summed E-state index contributed by atoms with van der Waals surface area (Å²) in [6, 6.07) is 1.60. The molecule has 0 unspecified atom stereocenters. The lowest BCUT2D eigenvalue weighted by Crippen LogP contribution is -2.61. The summed E-state index contributed by atoms with van der Waals surface area (Å²) < 4.78 is 1.79. The van der Waals surface area contributed by atoms with Crippen LogP contribution in [0.2, 0.25) is 0 Å². The molecule has 4 heterocycles. The molecule has 0 aromatic carbocycles. The lowest BCUT2D eigenvalue weighted by molar-refractivity contribution is -0.126. The second-order valence-electron chi connectivity index (χ2n) is 5.35. The van der Waals surface area contributed by atoms with Gasteiger partial charge >= 0.3 is 6.03 Å². The van der Waals surface area contributed by atoms with Gasteiger partial charge in [0, 0.05) is 25.5 Å².